The molecule has 0 aliphatic carbocycles. The normalized spacial score (nSPS) is 12.6. The monoisotopic (exact) mass is 304 g/mol. The molecule has 3 N–H and O–H groups in total. The van der Waals surface area contributed by atoms with Gasteiger partial charge in [0.25, 0.3) is 0 Å². The molecule has 5 heteroatoms. The van der Waals surface area contributed by atoms with Crippen molar-refractivity contribution in [2.24, 2.45) is 0 Å². The van der Waals surface area contributed by atoms with Crippen LogP contribution < -0.4 is 5.73 Å². The molecule has 1 heterocycles. The average molecular weight is 304 g/mol. The van der Waals surface area contributed by atoms with Crippen LogP contribution in [0.25, 0.3) is 0 Å². The molecule has 1 atom stereocenters. The van der Waals surface area contributed by atoms with E-state index in [2.05, 4.69) is 43.1 Å². The van der Waals surface area contributed by atoms with Gasteiger partial charge in [0, 0.05) is 4.88 Å². The van der Waals surface area contributed by atoms with Crippen molar-refractivity contribution in [2.75, 3.05) is 5.73 Å². The smallest absolute Gasteiger partial charge is 0.355 e. The van der Waals surface area contributed by atoms with Crippen LogP contribution in [0, 0.1) is 0 Å². The number of benzene rings is 1. The fourth-order valence-electron chi connectivity index (χ4n) is 2.32. The number of carbonyl (C=O) groups is 1. The predicted molar refractivity (Wildman–Crippen MR) is 86.1 cm³/mol. The predicted octanol–water partition coefficient (Wildman–Crippen LogP) is 3.89. The van der Waals surface area contributed by atoms with E-state index < -0.39 is 5.97 Å². The van der Waals surface area contributed by atoms with E-state index in [-0.39, 0.29) is 11.6 Å². The third-order valence-electron chi connectivity index (χ3n) is 3.51. The molecule has 21 heavy (non-hydrogen) atoms. The molecule has 0 bridgehead atoms. The summed E-state index contributed by atoms with van der Waals surface area (Å²) in [6.45, 7) is 6.34. The lowest BCUT2D eigenvalue weighted by Gasteiger charge is -2.11. The lowest BCUT2D eigenvalue weighted by Crippen LogP contribution is -2.05. The second-order valence-electron chi connectivity index (χ2n) is 5.57. The van der Waals surface area contributed by atoms with Gasteiger partial charge in [-0.2, -0.15) is 0 Å². The Hall–Kier alpha value is -1.88. The number of carboxylic acids is 1. The number of hydrogen-bond donors (Lipinski definition) is 2. The Bertz CT molecular complexity index is 632. The molecule has 0 saturated carbocycles. The van der Waals surface area contributed by atoms with Crippen LogP contribution >= 0.6 is 11.3 Å². The van der Waals surface area contributed by atoms with Crippen molar-refractivity contribution in [2.45, 2.75) is 39.0 Å². The molecule has 4 nitrogen and oxygen atoms in total. The van der Waals surface area contributed by atoms with Crippen molar-refractivity contribution in [1.82, 2.24) is 4.98 Å². The van der Waals surface area contributed by atoms with Crippen LogP contribution in [0.4, 0.5) is 5.13 Å². The number of rotatable bonds is 5. The van der Waals surface area contributed by atoms with Crippen LogP contribution in [0.2, 0.25) is 0 Å². The standard InChI is InChI=1S/C16H20N2O2S/c1-9(2)12-6-4-11(5-7-12)8-10(3)14-13(15(19)20)18-16(17)21-14/h4-7,9-10H,8H2,1-3H3,(H2,17,18)(H,19,20). The summed E-state index contributed by atoms with van der Waals surface area (Å²) in [4.78, 5) is 15.9. The number of hydrogen-bond acceptors (Lipinski definition) is 4. The Balaban J connectivity index is 2.18. The van der Waals surface area contributed by atoms with Crippen LogP contribution in [0.3, 0.4) is 0 Å². The maximum Gasteiger partial charge on any atom is 0.355 e. The zero-order chi connectivity index (χ0) is 15.6. The third kappa shape index (κ3) is 3.61. The van der Waals surface area contributed by atoms with Crippen molar-refractivity contribution in [3.63, 3.8) is 0 Å². The molecule has 112 valence electrons. The summed E-state index contributed by atoms with van der Waals surface area (Å²) in [7, 11) is 0. The van der Waals surface area contributed by atoms with Gasteiger partial charge in [-0.05, 0) is 29.4 Å². The number of nitrogens with zero attached hydrogens (tertiary/aromatic N) is 1. The van der Waals surface area contributed by atoms with Gasteiger partial charge in [0.05, 0.1) is 0 Å². The minimum absolute atomic E-state index is 0.0794. The molecular formula is C16H20N2O2S. The van der Waals surface area contributed by atoms with E-state index in [9.17, 15) is 9.90 Å². The van der Waals surface area contributed by atoms with Crippen molar-refractivity contribution >= 4 is 22.4 Å². The molecule has 0 radical (unpaired) electrons. The highest BCUT2D eigenvalue weighted by Gasteiger charge is 2.21. The van der Waals surface area contributed by atoms with Gasteiger partial charge in [-0.15, -0.1) is 11.3 Å². The summed E-state index contributed by atoms with van der Waals surface area (Å²) in [6.07, 6.45) is 0.778. The Kier molecular flexibility index (Phi) is 4.63. The summed E-state index contributed by atoms with van der Waals surface area (Å²) >= 11 is 1.26. The van der Waals surface area contributed by atoms with Gasteiger partial charge < -0.3 is 10.8 Å². The fraction of sp³-hybridized carbons (Fsp3) is 0.375. The largest absolute Gasteiger partial charge is 0.476 e. The first-order chi connectivity index (χ1) is 9.88. The number of aromatic carboxylic acids is 1. The summed E-state index contributed by atoms with van der Waals surface area (Å²) in [5.41, 5.74) is 8.23. The number of nitrogens with two attached hydrogens (primary N) is 1. The van der Waals surface area contributed by atoms with Crippen LogP contribution in [0.15, 0.2) is 24.3 Å². The van der Waals surface area contributed by atoms with Gasteiger partial charge >= 0.3 is 5.97 Å². The highest BCUT2D eigenvalue weighted by molar-refractivity contribution is 7.15. The molecule has 0 spiro atoms. The Morgan fingerprint density at radius 2 is 1.90 bits per heavy atom. The van der Waals surface area contributed by atoms with E-state index in [4.69, 9.17) is 5.73 Å². The number of carboxylic acid groups (broad SMARTS) is 1. The van der Waals surface area contributed by atoms with Crippen molar-refractivity contribution in [3.8, 4) is 0 Å². The van der Waals surface area contributed by atoms with Crippen molar-refractivity contribution in [1.29, 1.82) is 0 Å². The van der Waals surface area contributed by atoms with E-state index in [0.29, 0.717) is 11.0 Å². The lowest BCUT2D eigenvalue weighted by molar-refractivity contribution is 0.0690. The van der Waals surface area contributed by atoms with Crippen molar-refractivity contribution in [3.05, 3.63) is 46.0 Å². The molecule has 0 aliphatic rings. The molecule has 2 aromatic rings. The summed E-state index contributed by atoms with van der Waals surface area (Å²) in [5, 5.41) is 9.49. The molecule has 0 aliphatic heterocycles. The number of anilines is 1. The summed E-state index contributed by atoms with van der Waals surface area (Å²) < 4.78 is 0. The number of aromatic nitrogens is 1. The summed E-state index contributed by atoms with van der Waals surface area (Å²) in [6, 6.07) is 8.48. The Morgan fingerprint density at radius 3 is 2.43 bits per heavy atom. The maximum absolute atomic E-state index is 11.2. The van der Waals surface area contributed by atoms with Crippen LogP contribution in [0.1, 0.15) is 59.1 Å². The van der Waals surface area contributed by atoms with Gasteiger partial charge in [-0.3, -0.25) is 0 Å². The second kappa shape index (κ2) is 6.26. The van der Waals surface area contributed by atoms with Gasteiger partial charge in [-0.1, -0.05) is 45.0 Å². The number of nitrogen functional groups attached to an aromatic ring is 1. The topological polar surface area (TPSA) is 76.2 Å². The van der Waals surface area contributed by atoms with E-state index in [1.165, 1.54) is 22.5 Å². The SMILES string of the molecule is CC(C)c1ccc(CC(C)c2sc(N)nc2C(=O)O)cc1. The lowest BCUT2D eigenvalue weighted by atomic mass is 9.95. The zero-order valence-corrected chi connectivity index (χ0v) is 13.3. The first-order valence-corrected chi connectivity index (χ1v) is 7.78. The first-order valence-electron chi connectivity index (χ1n) is 6.96. The average Bonchev–Trinajstić information content (AvgIpc) is 2.82. The summed E-state index contributed by atoms with van der Waals surface area (Å²) in [5.74, 6) is -0.424. The number of thiazole rings is 1. The fourth-order valence-corrected chi connectivity index (χ4v) is 3.20. The molecule has 1 aromatic heterocycles. The zero-order valence-electron chi connectivity index (χ0n) is 12.5. The van der Waals surface area contributed by atoms with Crippen LogP contribution in [-0.2, 0) is 6.42 Å². The Morgan fingerprint density at radius 1 is 1.29 bits per heavy atom. The van der Waals surface area contributed by atoms with Crippen molar-refractivity contribution < 1.29 is 9.90 Å². The van der Waals surface area contributed by atoms with Gasteiger partial charge in [-0.25, -0.2) is 9.78 Å². The molecule has 1 aromatic carbocycles. The quantitative estimate of drug-likeness (QED) is 0.878. The van der Waals surface area contributed by atoms with E-state index >= 15 is 0 Å². The van der Waals surface area contributed by atoms with Gasteiger partial charge in [0.15, 0.2) is 10.8 Å². The minimum atomic E-state index is -1.01. The van der Waals surface area contributed by atoms with Gasteiger partial charge in [0.2, 0.25) is 0 Å². The highest BCUT2D eigenvalue weighted by atomic mass is 32.1. The first kappa shape index (κ1) is 15.5. The minimum Gasteiger partial charge on any atom is -0.476 e. The maximum atomic E-state index is 11.2. The molecule has 1 unspecified atom stereocenters. The molecule has 0 amide bonds. The van der Waals surface area contributed by atoms with E-state index in [0.717, 1.165) is 11.3 Å². The van der Waals surface area contributed by atoms with Crippen LogP contribution in [0.5, 0.6) is 0 Å². The van der Waals surface area contributed by atoms with E-state index in [1.54, 1.807) is 0 Å². The second-order valence-corrected chi connectivity index (χ2v) is 6.63. The Labute approximate surface area is 128 Å². The highest BCUT2D eigenvalue weighted by Crippen LogP contribution is 2.31. The molecule has 0 fully saturated rings. The van der Waals surface area contributed by atoms with E-state index in [1.807, 2.05) is 6.92 Å². The third-order valence-corrected chi connectivity index (χ3v) is 4.62. The molecular weight excluding hydrogens is 284 g/mol. The van der Waals surface area contributed by atoms with Gasteiger partial charge in [0.1, 0.15) is 0 Å². The van der Waals surface area contributed by atoms with Crippen LogP contribution in [-0.4, -0.2) is 16.1 Å². The molecule has 0 saturated heterocycles. The molecule has 2 rings (SSSR count).